The molecule has 0 bridgehead atoms. The van der Waals surface area contributed by atoms with Crippen molar-refractivity contribution in [2.24, 2.45) is 0 Å². The second-order valence-corrected chi connectivity index (χ2v) is 4.21. The molecule has 0 spiro atoms. The van der Waals surface area contributed by atoms with Gasteiger partial charge in [0.1, 0.15) is 5.75 Å². The molecule has 1 aromatic carbocycles. The number of phenolic OH excluding ortho intramolecular Hbond substituents is 1. The Morgan fingerprint density at radius 3 is 2.71 bits per heavy atom. The van der Waals surface area contributed by atoms with E-state index >= 15 is 0 Å². The van der Waals surface area contributed by atoms with E-state index in [1.54, 1.807) is 18.2 Å². The summed E-state index contributed by atoms with van der Waals surface area (Å²) in [6, 6.07) is 5.02. The van der Waals surface area contributed by atoms with E-state index in [0.717, 1.165) is 12.1 Å². The number of aromatic hydroxyl groups is 1. The molecule has 5 heteroatoms. The van der Waals surface area contributed by atoms with E-state index in [4.69, 9.17) is 16.7 Å². The first-order valence-electron chi connectivity index (χ1n) is 5.44. The van der Waals surface area contributed by atoms with E-state index in [-0.39, 0.29) is 12.2 Å². The van der Waals surface area contributed by atoms with Gasteiger partial charge in [-0.2, -0.15) is 0 Å². The van der Waals surface area contributed by atoms with Crippen LogP contribution in [0.4, 0.5) is 0 Å². The largest absolute Gasteiger partial charge is 0.506 e. The lowest BCUT2D eigenvalue weighted by atomic mass is 10.2. The number of carbonyl (C=O) groups is 1. The number of nitrogens with zero attached hydrogens (tertiary/aromatic N) is 1. The molecule has 2 N–H and O–H groups in total. The summed E-state index contributed by atoms with van der Waals surface area (Å²) >= 11 is 5.81. The number of hydrogen-bond donors (Lipinski definition) is 2. The third kappa shape index (κ3) is 4.63. The minimum absolute atomic E-state index is 0.0593. The Kier molecular flexibility index (Phi) is 5.25. The lowest BCUT2D eigenvalue weighted by molar-refractivity contribution is -0.137. The second kappa shape index (κ2) is 6.47. The number of hydrogen-bond acceptors (Lipinski definition) is 3. The highest BCUT2D eigenvalue weighted by Crippen LogP contribution is 2.24. The Labute approximate surface area is 105 Å². The zero-order valence-electron chi connectivity index (χ0n) is 9.69. The molecule has 0 fully saturated rings. The number of rotatable bonds is 6. The fourth-order valence-corrected chi connectivity index (χ4v) is 1.71. The molecular weight excluding hydrogens is 242 g/mol. The fourth-order valence-electron chi connectivity index (χ4n) is 1.51. The van der Waals surface area contributed by atoms with Crippen LogP contribution < -0.4 is 0 Å². The van der Waals surface area contributed by atoms with Crippen molar-refractivity contribution in [3.8, 4) is 5.75 Å². The minimum Gasteiger partial charge on any atom is -0.506 e. The topological polar surface area (TPSA) is 60.8 Å². The molecule has 0 saturated carbocycles. The van der Waals surface area contributed by atoms with Crippen molar-refractivity contribution in [2.75, 3.05) is 13.1 Å². The van der Waals surface area contributed by atoms with Crippen LogP contribution in [-0.2, 0) is 11.3 Å². The monoisotopic (exact) mass is 257 g/mol. The average Bonchev–Trinajstić information content (AvgIpc) is 2.28. The smallest absolute Gasteiger partial charge is 0.304 e. The molecule has 17 heavy (non-hydrogen) atoms. The Hall–Kier alpha value is -1.26. The maximum Gasteiger partial charge on any atom is 0.304 e. The number of carboxylic acids is 1. The number of halogens is 1. The fraction of sp³-hybridized carbons (Fsp3) is 0.417. The molecule has 0 saturated heterocycles. The summed E-state index contributed by atoms with van der Waals surface area (Å²) in [5.74, 6) is -0.740. The van der Waals surface area contributed by atoms with Crippen LogP contribution in [0.3, 0.4) is 0 Å². The van der Waals surface area contributed by atoms with Gasteiger partial charge in [0.15, 0.2) is 0 Å². The van der Waals surface area contributed by atoms with Gasteiger partial charge in [0, 0.05) is 13.1 Å². The molecule has 0 unspecified atom stereocenters. The first kappa shape index (κ1) is 13.8. The standard InChI is InChI=1S/C12H16ClNO3/c1-2-14(6-5-12(16)17)8-9-3-4-11(15)10(13)7-9/h3-4,7,15H,2,5-6,8H2,1H3,(H,16,17). The number of carboxylic acid groups (broad SMARTS) is 1. The minimum atomic E-state index is -0.799. The molecule has 0 aromatic heterocycles. The summed E-state index contributed by atoms with van der Waals surface area (Å²) in [4.78, 5) is 12.5. The van der Waals surface area contributed by atoms with Crippen LogP contribution >= 0.6 is 11.6 Å². The van der Waals surface area contributed by atoms with Crippen LogP contribution in [0.15, 0.2) is 18.2 Å². The quantitative estimate of drug-likeness (QED) is 0.821. The number of phenols is 1. The lowest BCUT2D eigenvalue weighted by Gasteiger charge is -2.19. The van der Waals surface area contributed by atoms with Gasteiger partial charge < -0.3 is 10.2 Å². The van der Waals surface area contributed by atoms with Gasteiger partial charge in [0.05, 0.1) is 11.4 Å². The van der Waals surface area contributed by atoms with Gasteiger partial charge in [-0.15, -0.1) is 0 Å². The average molecular weight is 258 g/mol. The van der Waals surface area contributed by atoms with Crippen molar-refractivity contribution >= 4 is 17.6 Å². The Morgan fingerprint density at radius 1 is 1.47 bits per heavy atom. The molecule has 94 valence electrons. The van der Waals surface area contributed by atoms with E-state index < -0.39 is 5.97 Å². The van der Waals surface area contributed by atoms with E-state index in [0.29, 0.717) is 18.1 Å². The van der Waals surface area contributed by atoms with Gasteiger partial charge in [0.2, 0.25) is 0 Å². The lowest BCUT2D eigenvalue weighted by Crippen LogP contribution is -2.25. The van der Waals surface area contributed by atoms with Crippen molar-refractivity contribution in [3.63, 3.8) is 0 Å². The van der Waals surface area contributed by atoms with E-state index in [9.17, 15) is 9.90 Å². The predicted molar refractivity (Wildman–Crippen MR) is 66.3 cm³/mol. The third-order valence-electron chi connectivity index (χ3n) is 2.51. The van der Waals surface area contributed by atoms with Gasteiger partial charge in [-0.3, -0.25) is 9.69 Å². The van der Waals surface area contributed by atoms with Gasteiger partial charge in [-0.1, -0.05) is 24.6 Å². The summed E-state index contributed by atoms with van der Waals surface area (Å²) in [6.45, 7) is 3.88. The van der Waals surface area contributed by atoms with Crippen LogP contribution in [0.2, 0.25) is 5.02 Å². The maximum absolute atomic E-state index is 10.5. The van der Waals surface area contributed by atoms with Crippen LogP contribution in [0, 0.1) is 0 Å². The van der Waals surface area contributed by atoms with Gasteiger partial charge >= 0.3 is 5.97 Å². The third-order valence-corrected chi connectivity index (χ3v) is 2.81. The van der Waals surface area contributed by atoms with Crippen molar-refractivity contribution in [1.29, 1.82) is 0 Å². The van der Waals surface area contributed by atoms with E-state index in [1.807, 2.05) is 11.8 Å². The summed E-state index contributed by atoms with van der Waals surface area (Å²) in [6.07, 6.45) is 0.125. The molecule has 0 aliphatic rings. The number of aliphatic carboxylic acids is 1. The van der Waals surface area contributed by atoms with Gasteiger partial charge in [-0.05, 0) is 24.2 Å². The van der Waals surface area contributed by atoms with Gasteiger partial charge in [-0.25, -0.2) is 0 Å². The summed E-state index contributed by atoms with van der Waals surface area (Å²) in [5, 5.41) is 18.2. The Balaban J connectivity index is 2.60. The Bertz CT molecular complexity index is 395. The zero-order valence-corrected chi connectivity index (χ0v) is 10.4. The summed E-state index contributed by atoms with van der Waals surface area (Å²) < 4.78 is 0. The second-order valence-electron chi connectivity index (χ2n) is 3.80. The molecule has 0 amide bonds. The molecule has 0 radical (unpaired) electrons. The molecule has 4 nitrogen and oxygen atoms in total. The molecule has 0 aliphatic heterocycles. The highest BCUT2D eigenvalue weighted by Gasteiger charge is 2.07. The van der Waals surface area contributed by atoms with Crippen LogP contribution in [0.1, 0.15) is 18.9 Å². The SMILES string of the molecule is CCN(CCC(=O)O)Cc1ccc(O)c(Cl)c1. The maximum atomic E-state index is 10.5. The van der Waals surface area contributed by atoms with Crippen LogP contribution in [0.25, 0.3) is 0 Å². The van der Waals surface area contributed by atoms with Crippen LogP contribution in [-0.4, -0.2) is 34.2 Å². The van der Waals surface area contributed by atoms with Crippen molar-refractivity contribution in [2.45, 2.75) is 19.9 Å². The highest BCUT2D eigenvalue weighted by atomic mass is 35.5. The molecule has 0 heterocycles. The zero-order chi connectivity index (χ0) is 12.8. The first-order valence-corrected chi connectivity index (χ1v) is 5.82. The molecule has 0 atom stereocenters. The van der Waals surface area contributed by atoms with Crippen molar-refractivity contribution in [3.05, 3.63) is 28.8 Å². The van der Waals surface area contributed by atoms with Crippen LogP contribution in [0.5, 0.6) is 5.75 Å². The molecular formula is C12H16ClNO3. The molecule has 1 rings (SSSR count). The highest BCUT2D eigenvalue weighted by molar-refractivity contribution is 6.32. The van der Waals surface area contributed by atoms with Crippen molar-refractivity contribution < 1.29 is 15.0 Å². The summed E-state index contributed by atoms with van der Waals surface area (Å²) in [7, 11) is 0. The van der Waals surface area contributed by atoms with Gasteiger partial charge in [0.25, 0.3) is 0 Å². The molecule has 0 aliphatic carbocycles. The van der Waals surface area contributed by atoms with Crippen molar-refractivity contribution in [1.82, 2.24) is 4.90 Å². The van der Waals surface area contributed by atoms with E-state index in [2.05, 4.69) is 0 Å². The summed E-state index contributed by atoms with van der Waals surface area (Å²) in [5.41, 5.74) is 0.958. The van der Waals surface area contributed by atoms with E-state index in [1.165, 1.54) is 0 Å². The molecule has 1 aromatic rings. The first-order chi connectivity index (χ1) is 8.02. The predicted octanol–water partition coefficient (Wildman–Crippen LogP) is 2.34. The normalized spacial score (nSPS) is 10.8. The number of benzene rings is 1. The Morgan fingerprint density at radius 2 is 2.18 bits per heavy atom.